The molecule has 0 radical (unpaired) electrons. The van der Waals surface area contributed by atoms with Crippen LogP contribution in [-0.2, 0) is 4.74 Å². The van der Waals surface area contributed by atoms with Gasteiger partial charge in [0.2, 0.25) is 0 Å². The van der Waals surface area contributed by atoms with E-state index in [1.165, 1.54) is 11.3 Å². The van der Waals surface area contributed by atoms with Crippen molar-refractivity contribution in [1.82, 2.24) is 10.3 Å². The average molecular weight is 308 g/mol. The Hall–Kier alpha value is -1.66. The summed E-state index contributed by atoms with van der Waals surface area (Å²) < 4.78 is 10.7. The lowest BCUT2D eigenvalue weighted by Crippen LogP contribution is -2.25. The number of hydrogen-bond donors (Lipinski definition) is 1. The van der Waals surface area contributed by atoms with Crippen LogP contribution < -0.4 is 5.32 Å². The highest BCUT2D eigenvalue weighted by molar-refractivity contribution is 7.13. The first-order valence-electron chi connectivity index (χ1n) is 7.02. The van der Waals surface area contributed by atoms with Crippen LogP contribution in [0.5, 0.6) is 0 Å². The van der Waals surface area contributed by atoms with Crippen molar-refractivity contribution in [2.24, 2.45) is 5.92 Å². The summed E-state index contributed by atoms with van der Waals surface area (Å²) in [6.45, 7) is 6.23. The van der Waals surface area contributed by atoms with Crippen LogP contribution in [-0.4, -0.2) is 30.6 Å². The fourth-order valence-corrected chi connectivity index (χ4v) is 2.44. The average Bonchev–Trinajstić information content (AvgIpc) is 3.11. The van der Waals surface area contributed by atoms with Crippen LogP contribution in [0.25, 0.3) is 10.8 Å². The zero-order chi connectivity index (χ0) is 15.1. The van der Waals surface area contributed by atoms with Gasteiger partial charge in [-0.3, -0.25) is 4.79 Å². The van der Waals surface area contributed by atoms with Crippen LogP contribution in [0.2, 0.25) is 0 Å². The standard InChI is InChI=1S/C15H20N2O3S/c1-11(2)9-19-7-4-6-16-14(18)12-10-21-15(17-12)13-5-3-8-20-13/h3,5,8,10-11H,4,6-7,9H2,1-2H3,(H,16,18). The molecule has 0 saturated heterocycles. The predicted octanol–water partition coefficient (Wildman–Crippen LogP) is 3.20. The van der Waals surface area contributed by atoms with E-state index in [4.69, 9.17) is 9.15 Å². The number of ether oxygens (including phenoxy) is 1. The van der Waals surface area contributed by atoms with Gasteiger partial charge in [-0.2, -0.15) is 0 Å². The Labute approximate surface area is 128 Å². The molecule has 0 aromatic carbocycles. The summed E-state index contributed by atoms with van der Waals surface area (Å²) in [7, 11) is 0. The monoisotopic (exact) mass is 308 g/mol. The quantitative estimate of drug-likeness (QED) is 0.761. The van der Waals surface area contributed by atoms with Crippen molar-refractivity contribution in [3.05, 3.63) is 29.5 Å². The number of amides is 1. The molecule has 0 saturated carbocycles. The molecule has 0 aliphatic carbocycles. The molecule has 6 heteroatoms. The SMILES string of the molecule is CC(C)COCCCNC(=O)c1csc(-c2ccco2)n1. The molecule has 2 aromatic heterocycles. The fourth-order valence-electron chi connectivity index (χ4n) is 1.68. The maximum atomic E-state index is 11.9. The third-order valence-corrected chi connectivity index (χ3v) is 3.53. The number of aromatic nitrogens is 1. The summed E-state index contributed by atoms with van der Waals surface area (Å²) in [4.78, 5) is 16.2. The van der Waals surface area contributed by atoms with Crippen molar-refractivity contribution in [3.63, 3.8) is 0 Å². The molecule has 2 aromatic rings. The molecule has 114 valence electrons. The number of furan rings is 1. The van der Waals surface area contributed by atoms with Gasteiger partial charge < -0.3 is 14.5 Å². The van der Waals surface area contributed by atoms with E-state index in [9.17, 15) is 4.79 Å². The van der Waals surface area contributed by atoms with Gasteiger partial charge in [-0.15, -0.1) is 11.3 Å². The van der Waals surface area contributed by atoms with Crippen molar-refractivity contribution >= 4 is 17.2 Å². The third-order valence-electron chi connectivity index (χ3n) is 2.67. The molecule has 0 unspecified atom stereocenters. The predicted molar refractivity (Wildman–Crippen MR) is 82.4 cm³/mol. The minimum atomic E-state index is -0.159. The molecule has 0 aliphatic rings. The van der Waals surface area contributed by atoms with E-state index < -0.39 is 0 Å². The molecule has 0 atom stereocenters. The molecular weight excluding hydrogens is 288 g/mol. The number of carbonyl (C=O) groups excluding carboxylic acids is 1. The Morgan fingerprint density at radius 1 is 1.52 bits per heavy atom. The summed E-state index contributed by atoms with van der Waals surface area (Å²) in [6.07, 6.45) is 2.39. The topological polar surface area (TPSA) is 64.4 Å². The lowest BCUT2D eigenvalue weighted by Gasteiger charge is -2.07. The van der Waals surface area contributed by atoms with Gasteiger partial charge in [-0.05, 0) is 24.5 Å². The van der Waals surface area contributed by atoms with Crippen LogP contribution in [0.15, 0.2) is 28.2 Å². The number of nitrogens with one attached hydrogen (secondary N) is 1. The second kappa shape index (κ2) is 7.95. The first-order valence-corrected chi connectivity index (χ1v) is 7.90. The van der Waals surface area contributed by atoms with E-state index in [-0.39, 0.29) is 5.91 Å². The van der Waals surface area contributed by atoms with Crippen LogP contribution in [0, 0.1) is 5.92 Å². The molecule has 0 aliphatic heterocycles. The molecule has 0 spiro atoms. The van der Waals surface area contributed by atoms with Crippen molar-refractivity contribution in [2.75, 3.05) is 19.8 Å². The molecular formula is C15H20N2O3S. The van der Waals surface area contributed by atoms with E-state index >= 15 is 0 Å². The van der Waals surface area contributed by atoms with E-state index in [0.29, 0.717) is 35.5 Å². The maximum Gasteiger partial charge on any atom is 0.270 e. The Morgan fingerprint density at radius 2 is 2.38 bits per heavy atom. The second-order valence-electron chi connectivity index (χ2n) is 5.09. The number of nitrogens with zero attached hydrogens (tertiary/aromatic N) is 1. The van der Waals surface area contributed by atoms with Gasteiger partial charge in [0, 0.05) is 25.1 Å². The molecule has 21 heavy (non-hydrogen) atoms. The van der Waals surface area contributed by atoms with Crippen LogP contribution in [0.4, 0.5) is 0 Å². The Morgan fingerprint density at radius 3 is 3.10 bits per heavy atom. The summed E-state index contributed by atoms with van der Waals surface area (Å²) in [5.74, 6) is 1.06. The summed E-state index contributed by atoms with van der Waals surface area (Å²) in [5.41, 5.74) is 0.425. The first-order chi connectivity index (χ1) is 10.2. The summed E-state index contributed by atoms with van der Waals surface area (Å²) >= 11 is 1.40. The lowest BCUT2D eigenvalue weighted by molar-refractivity contribution is 0.0921. The molecule has 5 nitrogen and oxygen atoms in total. The van der Waals surface area contributed by atoms with Crippen molar-refractivity contribution in [1.29, 1.82) is 0 Å². The van der Waals surface area contributed by atoms with E-state index in [1.54, 1.807) is 17.7 Å². The number of thiazole rings is 1. The molecule has 1 N–H and O–H groups in total. The third kappa shape index (κ3) is 4.99. The minimum Gasteiger partial charge on any atom is -0.462 e. The van der Waals surface area contributed by atoms with Gasteiger partial charge in [-0.25, -0.2) is 4.98 Å². The molecule has 0 bridgehead atoms. The van der Waals surface area contributed by atoms with Crippen LogP contribution in [0.1, 0.15) is 30.8 Å². The van der Waals surface area contributed by atoms with Crippen LogP contribution in [0.3, 0.4) is 0 Å². The van der Waals surface area contributed by atoms with Gasteiger partial charge in [0.1, 0.15) is 5.69 Å². The lowest BCUT2D eigenvalue weighted by atomic mass is 10.2. The van der Waals surface area contributed by atoms with E-state index in [0.717, 1.165) is 13.0 Å². The summed E-state index contributed by atoms with van der Waals surface area (Å²) in [6, 6.07) is 3.63. The zero-order valence-corrected chi connectivity index (χ0v) is 13.1. The van der Waals surface area contributed by atoms with Crippen molar-refractivity contribution in [2.45, 2.75) is 20.3 Å². The highest BCUT2D eigenvalue weighted by Gasteiger charge is 2.12. The van der Waals surface area contributed by atoms with Gasteiger partial charge in [0.05, 0.1) is 6.26 Å². The number of carbonyl (C=O) groups is 1. The maximum absolute atomic E-state index is 11.9. The summed E-state index contributed by atoms with van der Waals surface area (Å²) in [5, 5.41) is 5.29. The van der Waals surface area contributed by atoms with Gasteiger partial charge in [0.15, 0.2) is 10.8 Å². The number of hydrogen-bond acceptors (Lipinski definition) is 5. The minimum absolute atomic E-state index is 0.159. The van der Waals surface area contributed by atoms with Gasteiger partial charge in [0.25, 0.3) is 5.91 Å². The Balaban J connectivity index is 1.71. The normalized spacial score (nSPS) is 11.0. The van der Waals surface area contributed by atoms with Crippen molar-refractivity contribution < 1.29 is 13.9 Å². The Bertz CT molecular complexity index is 549. The largest absolute Gasteiger partial charge is 0.462 e. The fraction of sp³-hybridized carbons (Fsp3) is 0.467. The van der Waals surface area contributed by atoms with Gasteiger partial charge in [-0.1, -0.05) is 13.8 Å². The Kier molecular flexibility index (Phi) is 5.95. The zero-order valence-electron chi connectivity index (χ0n) is 12.3. The molecule has 2 rings (SSSR count). The molecule has 1 amide bonds. The molecule has 0 fully saturated rings. The first kappa shape index (κ1) is 15.7. The van der Waals surface area contributed by atoms with Gasteiger partial charge >= 0.3 is 0 Å². The second-order valence-corrected chi connectivity index (χ2v) is 5.95. The smallest absolute Gasteiger partial charge is 0.270 e. The van der Waals surface area contributed by atoms with E-state index in [1.807, 2.05) is 6.07 Å². The number of rotatable bonds is 8. The van der Waals surface area contributed by atoms with E-state index in [2.05, 4.69) is 24.1 Å². The highest BCUT2D eigenvalue weighted by Crippen LogP contribution is 2.23. The van der Waals surface area contributed by atoms with Crippen molar-refractivity contribution in [3.8, 4) is 10.8 Å². The molecule has 2 heterocycles. The van der Waals surface area contributed by atoms with Crippen LogP contribution >= 0.6 is 11.3 Å². The highest BCUT2D eigenvalue weighted by atomic mass is 32.1.